The molecule has 7 heteroatoms. The molecule has 2 rings (SSSR count). The highest BCUT2D eigenvalue weighted by Crippen LogP contribution is 2.09. The molecule has 0 aliphatic carbocycles. The van der Waals surface area contributed by atoms with Gasteiger partial charge in [-0.3, -0.25) is 10.9 Å². The predicted molar refractivity (Wildman–Crippen MR) is 122 cm³/mol. The number of nitrogens with zero attached hydrogens (tertiary/aromatic N) is 2. The van der Waals surface area contributed by atoms with Crippen LogP contribution < -0.4 is 10.9 Å². The summed E-state index contributed by atoms with van der Waals surface area (Å²) in [7, 11) is 3.58. The first-order valence-electron chi connectivity index (χ1n) is 9.02. The molecule has 28 heavy (non-hydrogen) atoms. The van der Waals surface area contributed by atoms with Crippen LogP contribution in [0.2, 0.25) is 0 Å². The van der Waals surface area contributed by atoms with Gasteiger partial charge in [0.25, 0.3) is 0 Å². The van der Waals surface area contributed by atoms with Gasteiger partial charge in [-0.25, -0.2) is 14.8 Å². The van der Waals surface area contributed by atoms with E-state index < -0.39 is 0 Å². The Morgan fingerprint density at radius 3 is 1.39 bits per heavy atom. The molecule has 0 aliphatic heterocycles. The summed E-state index contributed by atoms with van der Waals surface area (Å²) in [4.78, 5) is 13.9. The van der Waals surface area contributed by atoms with Crippen LogP contribution in [0.25, 0.3) is 0 Å². The average molecular weight is 415 g/mol. The summed E-state index contributed by atoms with van der Waals surface area (Å²) in [5.74, 6) is 0. The van der Waals surface area contributed by atoms with Gasteiger partial charge in [0.2, 0.25) is 0 Å². The third-order valence-corrected chi connectivity index (χ3v) is 5.75. The molecule has 0 fully saturated rings. The molecule has 0 bridgehead atoms. The Morgan fingerprint density at radius 1 is 0.750 bits per heavy atom. The van der Waals surface area contributed by atoms with Crippen LogP contribution in [0.4, 0.5) is 4.79 Å². The predicted octanol–water partition coefficient (Wildman–Crippen LogP) is 3.59. The van der Waals surface area contributed by atoms with Crippen molar-refractivity contribution >= 4 is 40.2 Å². The Morgan fingerprint density at radius 2 is 1.07 bits per heavy atom. The van der Waals surface area contributed by atoms with Gasteiger partial charge in [-0.1, -0.05) is 85.1 Å². The zero-order valence-corrected chi connectivity index (χ0v) is 18.2. The van der Waals surface area contributed by atoms with E-state index in [9.17, 15) is 4.79 Å². The topological polar surface area (TPSA) is 47.6 Å². The van der Waals surface area contributed by atoms with Crippen LogP contribution in [0.3, 0.4) is 0 Å². The van der Waals surface area contributed by atoms with Crippen LogP contribution in [-0.4, -0.2) is 52.0 Å². The van der Waals surface area contributed by atoms with Crippen molar-refractivity contribution in [1.29, 1.82) is 0 Å². The second kappa shape index (κ2) is 10.4. The van der Waals surface area contributed by atoms with Crippen molar-refractivity contribution in [3.8, 4) is 0 Å². The lowest BCUT2D eigenvalue weighted by Gasteiger charge is -2.30. The Labute approximate surface area is 177 Å². The molecule has 0 radical (unpaired) electrons. The van der Waals surface area contributed by atoms with E-state index in [0.29, 0.717) is 0 Å². The van der Waals surface area contributed by atoms with Crippen molar-refractivity contribution in [3.63, 3.8) is 0 Å². The van der Waals surface area contributed by atoms with Gasteiger partial charge in [-0.15, -0.1) is 0 Å². The number of nitrogens with one attached hydrogen (secondary N) is 2. The Bertz CT molecular complexity index is 746. The molecule has 2 atom stereocenters. The number of carbonyl (C=O) groups excluding carboxylic acids is 1. The van der Waals surface area contributed by atoms with Gasteiger partial charge in [0, 0.05) is 23.8 Å². The van der Waals surface area contributed by atoms with E-state index in [0.717, 1.165) is 20.9 Å². The van der Waals surface area contributed by atoms with Gasteiger partial charge < -0.3 is 0 Å². The minimum absolute atomic E-state index is 0.142. The van der Waals surface area contributed by atoms with E-state index in [4.69, 9.17) is 24.4 Å². The molecular weight excluding hydrogens is 388 g/mol. The van der Waals surface area contributed by atoms with Crippen LogP contribution in [0.1, 0.15) is 25.0 Å². The first kappa shape index (κ1) is 22.1. The number of thiocarbonyl (C=S) groups is 2. The molecule has 2 amide bonds. The molecule has 5 nitrogen and oxygen atoms in total. The number of likely N-dealkylation sites (N-methyl/N-ethyl adjacent to an activating group) is 2. The lowest BCUT2D eigenvalue weighted by molar-refractivity contribution is 0.156. The zero-order valence-electron chi connectivity index (χ0n) is 16.5. The van der Waals surface area contributed by atoms with Gasteiger partial charge in [0.1, 0.15) is 0 Å². The van der Waals surface area contributed by atoms with Crippen molar-refractivity contribution in [3.05, 3.63) is 71.8 Å². The molecule has 0 aromatic heterocycles. The van der Waals surface area contributed by atoms with Crippen LogP contribution in [-0.2, 0) is 0 Å². The van der Waals surface area contributed by atoms with E-state index in [1.807, 2.05) is 74.5 Å². The number of rotatable bonds is 8. The first-order chi connectivity index (χ1) is 13.3. The molecule has 0 saturated carbocycles. The molecule has 0 heterocycles. The largest absolute Gasteiger partial charge is 0.343 e. The minimum atomic E-state index is -0.351. The first-order valence-corrected chi connectivity index (χ1v) is 9.84. The summed E-state index contributed by atoms with van der Waals surface area (Å²) in [6, 6.07) is 18.9. The summed E-state index contributed by atoms with van der Waals surface area (Å²) in [5, 5.41) is 3.39. The fourth-order valence-electron chi connectivity index (χ4n) is 2.58. The maximum Gasteiger partial charge on any atom is 0.343 e. The van der Waals surface area contributed by atoms with Crippen LogP contribution >= 0.6 is 24.4 Å². The molecule has 2 N–H and O–H groups in total. The van der Waals surface area contributed by atoms with Gasteiger partial charge in [0.05, 0.1) is 12.1 Å². The summed E-state index contributed by atoms with van der Waals surface area (Å²) < 4.78 is 0. The molecular formula is C21H26N4OS2. The summed E-state index contributed by atoms with van der Waals surface area (Å²) in [6.45, 7) is 3.90. The van der Waals surface area contributed by atoms with E-state index in [2.05, 4.69) is 10.9 Å². The van der Waals surface area contributed by atoms with Crippen molar-refractivity contribution in [2.75, 3.05) is 14.1 Å². The van der Waals surface area contributed by atoms with Gasteiger partial charge in [-0.05, 0) is 25.0 Å². The number of urea groups is 1. The highest BCUT2D eigenvalue weighted by atomic mass is 32.1. The summed E-state index contributed by atoms with van der Waals surface area (Å²) in [5.41, 5.74) is 7.55. The van der Waals surface area contributed by atoms with Crippen molar-refractivity contribution in [2.24, 2.45) is 0 Å². The Balaban J connectivity index is 1.89. The Kier molecular flexibility index (Phi) is 8.19. The number of hydrogen-bond acceptors (Lipinski definition) is 5. The third kappa shape index (κ3) is 5.90. The van der Waals surface area contributed by atoms with Crippen molar-refractivity contribution in [2.45, 2.75) is 25.9 Å². The lowest BCUT2D eigenvalue weighted by atomic mass is 10.1. The second-order valence-corrected chi connectivity index (χ2v) is 7.47. The highest BCUT2D eigenvalue weighted by Gasteiger charge is 2.21. The minimum Gasteiger partial charge on any atom is -0.269 e. The van der Waals surface area contributed by atoms with Gasteiger partial charge in [0.15, 0.2) is 0 Å². The molecule has 2 aromatic rings. The molecule has 0 aliphatic rings. The second-order valence-electron chi connectivity index (χ2n) is 6.59. The van der Waals surface area contributed by atoms with E-state index >= 15 is 0 Å². The maximum absolute atomic E-state index is 12.4. The van der Waals surface area contributed by atoms with E-state index in [1.165, 1.54) is 0 Å². The molecule has 0 saturated heterocycles. The quantitative estimate of drug-likeness (QED) is 0.393. The van der Waals surface area contributed by atoms with E-state index in [-0.39, 0.29) is 18.1 Å². The van der Waals surface area contributed by atoms with Crippen LogP contribution in [0, 0.1) is 0 Å². The lowest BCUT2D eigenvalue weighted by Crippen LogP contribution is -2.56. The number of hydrazine groups is 2. The smallest absolute Gasteiger partial charge is 0.269 e. The number of benzene rings is 2. The fraction of sp³-hybridized carbons (Fsp3) is 0.286. The normalized spacial score (nSPS) is 13.1. The van der Waals surface area contributed by atoms with Crippen molar-refractivity contribution < 1.29 is 4.79 Å². The van der Waals surface area contributed by atoms with Crippen molar-refractivity contribution in [1.82, 2.24) is 20.9 Å². The zero-order chi connectivity index (χ0) is 20.7. The van der Waals surface area contributed by atoms with Gasteiger partial charge in [-0.2, -0.15) is 0 Å². The van der Waals surface area contributed by atoms with Crippen LogP contribution in [0.5, 0.6) is 0 Å². The van der Waals surface area contributed by atoms with Gasteiger partial charge >= 0.3 is 6.03 Å². The maximum atomic E-state index is 12.4. The third-order valence-electron chi connectivity index (χ3n) is 4.59. The Hall–Kier alpha value is -2.19. The standard InChI is InChI=1S/C21H26N4OS2/c1-15(19(27)17-11-7-5-8-12-17)24(3)22-21(26)23-25(4)16(2)20(28)18-13-9-6-10-14-18/h5-16H,1-4H3,(H2,22,23,26). The fourth-order valence-corrected chi connectivity index (χ4v) is 3.17. The number of amides is 2. The molecule has 2 unspecified atom stereocenters. The van der Waals surface area contributed by atoms with Crippen LogP contribution in [0.15, 0.2) is 60.7 Å². The molecule has 2 aromatic carbocycles. The molecule has 0 spiro atoms. The van der Waals surface area contributed by atoms with E-state index in [1.54, 1.807) is 24.1 Å². The monoisotopic (exact) mass is 414 g/mol. The SMILES string of the molecule is CC(C(=S)c1ccccc1)N(C)NC(=O)NN(C)C(C)C(=S)c1ccccc1. The summed E-state index contributed by atoms with van der Waals surface area (Å²) >= 11 is 11.1. The highest BCUT2D eigenvalue weighted by molar-refractivity contribution is 7.81. The molecule has 148 valence electrons. The number of carbonyl (C=O) groups is 1. The summed E-state index contributed by atoms with van der Waals surface area (Å²) in [6.07, 6.45) is 0. The number of hydrogen-bond donors (Lipinski definition) is 2. The average Bonchev–Trinajstić information content (AvgIpc) is 2.72.